The van der Waals surface area contributed by atoms with E-state index in [1.807, 2.05) is 16.7 Å². The maximum atomic E-state index is 12.5. The number of carbonyl (C=O) groups is 1. The predicted octanol–water partition coefficient (Wildman–Crippen LogP) is 4.42. The monoisotopic (exact) mass is 438 g/mol. The molecule has 0 spiro atoms. The van der Waals surface area contributed by atoms with Crippen molar-refractivity contribution in [1.29, 1.82) is 0 Å². The molecule has 5 nitrogen and oxygen atoms in total. The molecule has 1 aliphatic rings. The van der Waals surface area contributed by atoms with Gasteiger partial charge < -0.3 is 14.0 Å². The molecule has 0 bridgehead atoms. The van der Waals surface area contributed by atoms with Gasteiger partial charge in [0.25, 0.3) is 0 Å². The highest BCUT2D eigenvalue weighted by molar-refractivity contribution is 7.99. The number of ether oxygens (including phenoxy) is 2. The van der Waals surface area contributed by atoms with Crippen LogP contribution in [0.3, 0.4) is 0 Å². The molecule has 1 aromatic heterocycles. The minimum Gasteiger partial charge on any atom is -0.486 e. The van der Waals surface area contributed by atoms with E-state index in [0.717, 1.165) is 22.4 Å². The van der Waals surface area contributed by atoms with Crippen molar-refractivity contribution in [3.05, 3.63) is 46.8 Å². The van der Waals surface area contributed by atoms with Crippen LogP contribution in [0.1, 0.15) is 18.4 Å². The van der Waals surface area contributed by atoms with E-state index in [1.54, 1.807) is 11.8 Å². The molecule has 0 unspecified atom stereocenters. The Balaban J connectivity index is 1.48. The Bertz CT molecular complexity index is 1170. The van der Waals surface area contributed by atoms with Gasteiger partial charge in [-0.25, -0.2) is 0 Å². The third-order valence-electron chi connectivity index (χ3n) is 4.64. The van der Waals surface area contributed by atoms with Gasteiger partial charge in [-0.2, -0.15) is 4.99 Å². The van der Waals surface area contributed by atoms with Crippen molar-refractivity contribution in [3.63, 3.8) is 0 Å². The number of terminal acetylenes is 1. The molecule has 2 heterocycles. The van der Waals surface area contributed by atoms with Gasteiger partial charge in [0, 0.05) is 23.4 Å². The minimum atomic E-state index is -0.130. The highest BCUT2D eigenvalue weighted by Gasteiger charge is 2.16. The van der Waals surface area contributed by atoms with Crippen molar-refractivity contribution in [2.45, 2.75) is 31.2 Å². The molecule has 0 fully saturated rings. The highest BCUT2D eigenvalue weighted by atomic mass is 32.2. The third kappa shape index (κ3) is 4.72. The number of nitrogens with zero attached hydrogens (tertiary/aromatic N) is 2. The van der Waals surface area contributed by atoms with Crippen molar-refractivity contribution in [3.8, 4) is 23.8 Å². The Morgan fingerprint density at radius 1 is 1.23 bits per heavy atom. The molecule has 7 heteroatoms. The number of thiazole rings is 1. The summed E-state index contributed by atoms with van der Waals surface area (Å²) in [7, 11) is 0. The molecule has 0 saturated carbocycles. The fraction of sp³-hybridized carbons (Fsp3) is 0.304. The molecule has 0 saturated heterocycles. The van der Waals surface area contributed by atoms with E-state index in [9.17, 15) is 4.79 Å². The first-order chi connectivity index (χ1) is 14.6. The van der Waals surface area contributed by atoms with E-state index in [1.165, 1.54) is 21.8 Å². The van der Waals surface area contributed by atoms with Crippen LogP contribution in [0.25, 0.3) is 10.2 Å². The summed E-state index contributed by atoms with van der Waals surface area (Å²) in [5.41, 5.74) is 2.15. The summed E-state index contributed by atoms with van der Waals surface area (Å²) in [5.74, 6) is 4.81. The van der Waals surface area contributed by atoms with Crippen molar-refractivity contribution < 1.29 is 14.3 Å². The van der Waals surface area contributed by atoms with Gasteiger partial charge in [0.2, 0.25) is 5.91 Å². The van der Waals surface area contributed by atoms with Crippen LogP contribution in [-0.4, -0.2) is 29.4 Å². The van der Waals surface area contributed by atoms with Crippen molar-refractivity contribution >= 4 is 39.2 Å². The van der Waals surface area contributed by atoms with E-state index in [0.29, 0.717) is 42.5 Å². The first-order valence-electron chi connectivity index (χ1n) is 9.77. The van der Waals surface area contributed by atoms with Crippen molar-refractivity contribution in [2.24, 2.45) is 4.99 Å². The molecule has 30 heavy (non-hydrogen) atoms. The van der Waals surface area contributed by atoms with Crippen LogP contribution < -0.4 is 14.3 Å². The SMILES string of the molecule is C#CCn1c(=NC(=O)CCCSc2ccc(C)cc2)sc2cc3c(cc21)OCCO3. The quantitative estimate of drug-likeness (QED) is 0.325. The highest BCUT2D eigenvalue weighted by Crippen LogP contribution is 2.35. The first-order valence-corrected chi connectivity index (χ1v) is 11.6. The van der Waals surface area contributed by atoms with Gasteiger partial charge in [0.15, 0.2) is 16.3 Å². The largest absolute Gasteiger partial charge is 0.486 e. The summed E-state index contributed by atoms with van der Waals surface area (Å²) in [6.45, 7) is 3.47. The van der Waals surface area contributed by atoms with Gasteiger partial charge in [-0.15, -0.1) is 18.2 Å². The number of hydrogen-bond donors (Lipinski definition) is 0. The number of fused-ring (bicyclic) bond motifs is 2. The summed E-state index contributed by atoms with van der Waals surface area (Å²) in [6, 6.07) is 12.3. The van der Waals surface area contributed by atoms with Crippen LogP contribution in [0.2, 0.25) is 0 Å². The van der Waals surface area contributed by atoms with Crippen LogP contribution in [0.5, 0.6) is 11.5 Å². The number of benzene rings is 2. The molecule has 3 aromatic rings. The summed E-state index contributed by atoms with van der Waals surface area (Å²) in [6.07, 6.45) is 6.74. The third-order valence-corrected chi connectivity index (χ3v) is 6.78. The van der Waals surface area contributed by atoms with E-state index in [2.05, 4.69) is 42.1 Å². The second kappa shape index (κ2) is 9.41. The Hall–Kier alpha value is -2.69. The van der Waals surface area contributed by atoms with Crippen molar-refractivity contribution in [1.82, 2.24) is 4.57 Å². The second-order valence-corrected chi connectivity index (χ2v) is 9.09. The molecule has 154 valence electrons. The maximum Gasteiger partial charge on any atom is 0.248 e. The fourth-order valence-corrected chi connectivity index (χ4v) is 5.06. The second-order valence-electron chi connectivity index (χ2n) is 6.91. The number of thioether (sulfide) groups is 1. The smallest absolute Gasteiger partial charge is 0.248 e. The zero-order valence-corrected chi connectivity index (χ0v) is 18.4. The average molecular weight is 439 g/mol. The Morgan fingerprint density at radius 3 is 2.70 bits per heavy atom. The van der Waals surface area contributed by atoms with Gasteiger partial charge >= 0.3 is 0 Å². The molecule has 1 amide bonds. The van der Waals surface area contributed by atoms with Crippen LogP contribution in [0, 0.1) is 19.3 Å². The number of aromatic nitrogens is 1. The lowest BCUT2D eigenvalue weighted by atomic mass is 10.2. The molecule has 4 rings (SSSR count). The normalized spacial score (nSPS) is 13.4. The van der Waals surface area contributed by atoms with Gasteiger partial charge in [-0.05, 0) is 31.2 Å². The van der Waals surface area contributed by atoms with Gasteiger partial charge in [0.05, 0.1) is 16.8 Å². The van der Waals surface area contributed by atoms with E-state index >= 15 is 0 Å². The van der Waals surface area contributed by atoms with E-state index in [-0.39, 0.29) is 5.91 Å². The minimum absolute atomic E-state index is 0.130. The zero-order valence-electron chi connectivity index (χ0n) is 16.7. The van der Waals surface area contributed by atoms with Gasteiger partial charge in [-0.3, -0.25) is 4.79 Å². The predicted molar refractivity (Wildman–Crippen MR) is 121 cm³/mol. The summed E-state index contributed by atoms with van der Waals surface area (Å²) < 4.78 is 14.2. The molecule has 0 N–H and O–H groups in total. The Morgan fingerprint density at radius 2 is 1.97 bits per heavy atom. The van der Waals surface area contributed by atoms with Crippen LogP contribution in [-0.2, 0) is 11.3 Å². The topological polar surface area (TPSA) is 52.8 Å². The number of carbonyl (C=O) groups excluding carboxylic acids is 1. The lowest BCUT2D eigenvalue weighted by Gasteiger charge is -2.18. The van der Waals surface area contributed by atoms with Crippen molar-refractivity contribution in [2.75, 3.05) is 19.0 Å². The number of amides is 1. The molecule has 0 radical (unpaired) electrons. The van der Waals surface area contributed by atoms with Gasteiger partial charge in [-0.1, -0.05) is 35.0 Å². The first kappa shape index (κ1) is 20.6. The standard InChI is InChI=1S/C23H22N2O3S2/c1-3-10-25-18-14-19-20(28-12-11-27-19)15-21(18)30-23(25)24-22(26)5-4-13-29-17-8-6-16(2)7-9-17/h1,6-9,14-15H,4-5,10-13H2,2H3. The molecule has 0 aliphatic carbocycles. The van der Waals surface area contributed by atoms with E-state index < -0.39 is 0 Å². The molecule has 2 aromatic carbocycles. The lowest BCUT2D eigenvalue weighted by molar-refractivity contribution is -0.118. The van der Waals surface area contributed by atoms with Crippen LogP contribution >= 0.6 is 23.1 Å². The molecule has 0 atom stereocenters. The molecular weight excluding hydrogens is 416 g/mol. The molecule has 1 aliphatic heterocycles. The molecular formula is C23H22N2O3S2. The summed E-state index contributed by atoms with van der Waals surface area (Å²) >= 11 is 3.20. The van der Waals surface area contributed by atoms with Crippen LogP contribution in [0.4, 0.5) is 0 Å². The van der Waals surface area contributed by atoms with Crippen LogP contribution in [0.15, 0.2) is 46.3 Å². The Kier molecular flexibility index (Phi) is 6.46. The fourth-order valence-electron chi connectivity index (χ4n) is 3.15. The average Bonchev–Trinajstić information content (AvgIpc) is 3.07. The number of rotatable bonds is 6. The van der Waals surface area contributed by atoms with Gasteiger partial charge in [0.1, 0.15) is 13.2 Å². The van der Waals surface area contributed by atoms with E-state index in [4.69, 9.17) is 15.9 Å². The zero-order chi connectivity index (χ0) is 20.9. The number of aryl methyl sites for hydroxylation is 1. The number of hydrogen-bond acceptors (Lipinski definition) is 5. The Labute approximate surface area is 183 Å². The lowest BCUT2D eigenvalue weighted by Crippen LogP contribution is -2.17. The summed E-state index contributed by atoms with van der Waals surface area (Å²) in [4.78, 5) is 18.7. The maximum absolute atomic E-state index is 12.5. The summed E-state index contributed by atoms with van der Waals surface area (Å²) in [5, 5.41) is 0.